The molecule has 3 aromatic carbocycles. The number of ether oxygens (including phenoxy) is 1. The summed E-state index contributed by atoms with van der Waals surface area (Å²) in [6.45, 7) is 2.33. The van der Waals surface area contributed by atoms with Crippen molar-refractivity contribution in [3.05, 3.63) is 97.9 Å². The summed E-state index contributed by atoms with van der Waals surface area (Å²) in [4.78, 5) is 39.2. The molecule has 1 N–H and O–H groups in total. The van der Waals surface area contributed by atoms with Crippen molar-refractivity contribution < 1.29 is 19.1 Å². The highest BCUT2D eigenvalue weighted by Gasteiger charge is 2.37. The Balaban J connectivity index is 1.57. The summed E-state index contributed by atoms with van der Waals surface area (Å²) in [5.41, 5.74) is 2.79. The summed E-state index contributed by atoms with van der Waals surface area (Å²) in [5, 5.41) is 2.27. The van der Waals surface area contributed by atoms with Gasteiger partial charge in [0.05, 0.1) is 10.2 Å². The molecule has 3 aromatic rings. The van der Waals surface area contributed by atoms with Gasteiger partial charge in [0.2, 0.25) is 0 Å². The van der Waals surface area contributed by atoms with Crippen LogP contribution in [0.4, 0.5) is 10.5 Å². The Morgan fingerprint density at radius 2 is 1.71 bits per heavy atom. The van der Waals surface area contributed by atoms with Crippen molar-refractivity contribution in [3.63, 3.8) is 0 Å². The molecule has 1 fully saturated rings. The topological polar surface area (TPSA) is 75.7 Å². The van der Waals surface area contributed by atoms with Gasteiger partial charge in [0.25, 0.3) is 11.8 Å². The number of hydrogen-bond acceptors (Lipinski definition) is 4. The van der Waals surface area contributed by atoms with Gasteiger partial charge in [-0.2, -0.15) is 0 Å². The van der Waals surface area contributed by atoms with Gasteiger partial charge in [0, 0.05) is 4.47 Å². The average Bonchev–Trinajstić information content (AvgIpc) is 2.82. The maximum atomic E-state index is 13.2. The number of anilines is 1. The van der Waals surface area contributed by atoms with E-state index in [9.17, 15) is 14.4 Å². The summed E-state index contributed by atoms with van der Waals surface area (Å²) in [6.07, 6.45) is 2.10. The van der Waals surface area contributed by atoms with E-state index >= 15 is 0 Å². The first-order valence-electron chi connectivity index (χ1n) is 10.5. The summed E-state index contributed by atoms with van der Waals surface area (Å²) in [6, 6.07) is 19.5. The number of rotatable bonds is 6. The van der Waals surface area contributed by atoms with Crippen LogP contribution >= 0.6 is 31.9 Å². The minimum atomic E-state index is -0.758. The first-order chi connectivity index (χ1) is 16.4. The van der Waals surface area contributed by atoms with Crippen molar-refractivity contribution in [2.24, 2.45) is 0 Å². The lowest BCUT2D eigenvalue weighted by Crippen LogP contribution is -2.54. The van der Waals surface area contributed by atoms with E-state index in [0.29, 0.717) is 34.5 Å². The van der Waals surface area contributed by atoms with E-state index in [4.69, 9.17) is 4.74 Å². The van der Waals surface area contributed by atoms with Gasteiger partial charge in [-0.05, 0) is 75.4 Å². The second-order valence-corrected chi connectivity index (χ2v) is 9.32. The van der Waals surface area contributed by atoms with Gasteiger partial charge in [-0.25, -0.2) is 9.69 Å². The molecule has 0 unspecified atom stereocenters. The number of para-hydroxylation sites is 1. The van der Waals surface area contributed by atoms with Crippen LogP contribution in [-0.2, 0) is 22.6 Å². The highest BCUT2D eigenvalue weighted by Crippen LogP contribution is 2.30. The van der Waals surface area contributed by atoms with Crippen molar-refractivity contribution >= 4 is 61.5 Å². The van der Waals surface area contributed by atoms with Crippen molar-refractivity contribution in [3.8, 4) is 5.75 Å². The van der Waals surface area contributed by atoms with Crippen molar-refractivity contribution in [2.75, 3.05) is 4.90 Å². The Hall–Kier alpha value is -3.23. The Bertz CT molecular complexity index is 1300. The average molecular weight is 584 g/mol. The number of urea groups is 1. The zero-order valence-corrected chi connectivity index (χ0v) is 21.4. The molecule has 6 nitrogen and oxygen atoms in total. The molecule has 0 atom stereocenters. The number of benzene rings is 3. The highest BCUT2D eigenvalue weighted by atomic mass is 79.9. The number of aryl methyl sites for hydroxylation is 1. The van der Waals surface area contributed by atoms with Crippen molar-refractivity contribution in [2.45, 2.75) is 20.0 Å². The predicted molar refractivity (Wildman–Crippen MR) is 137 cm³/mol. The lowest BCUT2D eigenvalue weighted by Gasteiger charge is -2.28. The van der Waals surface area contributed by atoms with Gasteiger partial charge in [-0.3, -0.25) is 14.9 Å². The fourth-order valence-electron chi connectivity index (χ4n) is 3.54. The van der Waals surface area contributed by atoms with Crippen LogP contribution in [-0.4, -0.2) is 17.8 Å². The minimum Gasteiger partial charge on any atom is -0.488 e. The Kier molecular flexibility index (Phi) is 7.29. The number of carbonyl (C=O) groups excluding carboxylic acids is 3. The standard InChI is InChI=1S/C26H20Br2N2O4/c1-2-18-5-3-4-6-22(18)30-25(32)20(24(31)29-26(30)33)13-17-9-12-23(21(28)14-17)34-15-16-7-10-19(27)11-8-16/h3-14H,2,15H2,1H3,(H,29,31,33)/b20-13-. The zero-order valence-electron chi connectivity index (χ0n) is 18.2. The van der Waals surface area contributed by atoms with Crippen molar-refractivity contribution in [1.82, 2.24) is 5.32 Å². The second-order valence-electron chi connectivity index (χ2n) is 7.55. The van der Waals surface area contributed by atoms with E-state index in [1.54, 1.807) is 30.3 Å². The van der Waals surface area contributed by atoms with E-state index in [0.717, 1.165) is 20.5 Å². The fourth-order valence-corrected chi connectivity index (χ4v) is 4.31. The molecule has 1 aliphatic heterocycles. The first kappa shape index (κ1) is 23.9. The SMILES string of the molecule is CCc1ccccc1N1C(=O)NC(=O)/C(=C/c2ccc(OCc3ccc(Br)cc3)c(Br)c2)C1=O. The van der Waals surface area contributed by atoms with Crippen LogP contribution in [0.25, 0.3) is 6.08 Å². The van der Waals surface area contributed by atoms with Gasteiger partial charge in [-0.15, -0.1) is 0 Å². The maximum absolute atomic E-state index is 13.2. The molecular weight excluding hydrogens is 564 g/mol. The molecule has 4 rings (SSSR count). The number of halogens is 2. The largest absolute Gasteiger partial charge is 0.488 e. The molecule has 0 saturated carbocycles. The van der Waals surface area contributed by atoms with E-state index in [1.165, 1.54) is 6.08 Å². The normalized spacial score (nSPS) is 15.0. The number of amides is 4. The monoisotopic (exact) mass is 582 g/mol. The van der Waals surface area contributed by atoms with Gasteiger partial charge >= 0.3 is 6.03 Å². The summed E-state index contributed by atoms with van der Waals surface area (Å²) < 4.78 is 7.55. The van der Waals surface area contributed by atoms with Crippen LogP contribution in [0.3, 0.4) is 0 Å². The minimum absolute atomic E-state index is 0.124. The van der Waals surface area contributed by atoms with Crippen molar-refractivity contribution in [1.29, 1.82) is 0 Å². The molecule has 1 aliphatic rings. The van der Waals surface area contributed by atoms with Crippen LogP contribution in [0, 0.1) is 0 Å². The molecule has 0 aliphatic carbocycles. The number of nitrogens with zero attached hydrogens (tertiary/aromatic N) is 1. The zero-order chi connectivity index (χ0) is 24.2. The molecule has 4 amide bonds. The first-order valence-corrected chi connectivity index (χ1v) is 12.1. The summed E-state index contributed by atoms with van der Waals surface area (Å²) >= 11 is 6.90. The van der Waals surface area contributed by atoms with E-state index in [2.05, 4.69) is 37.2 Å². The van der Waals surface area contributed by atoms with Crippen LogP contribution in [0.1, 0.15) is 23.6 Å². The number of carbonyl (C=O) groups is 3. The molecule has 0 radical (unpaired) electrons. The van der Waals surface area contributed by atoms with E-state index in [1.807, 2.05) is 43.3 Å². The molecule has 172 valence electrons. The van der Waals surface area contributed by atoms with Crippen LogP contribution < -0.4 is 15.0 Å². The predicted octanol–water partition coefficient (Wildman–Crippen LogP) is 6.02. The molecule has 0 spiro atoms. The van der Waals surface area contributed by atoms with E-state index in [-0.39, 0.29) is 5.57 Å². The van der Waals surface area contributed by atoms with E-state index < -0.39 is 17.8 Å². The quantitative estimate of drug-likeness (QED) is 0.284. The van der Waals surface area contributed by atoms with Gasteiger partial charge in [0.1, 0.15) is 17.9 Å². The van der Waals surface area contributed by atoms with Gasteiger partial charge in [0.15, 0.2) is 0 Å². The number of imide groups is 2. The summed E-state index contributed by atoms with van der Waals surface area (Å²) in [7, 11) is 0. The second kappa shape index (κ2) is 10.4. The Morgan fingerprint density at radius 1 is 0.971 bits per heavy atom. The van der Waals surface area contributed by atoms with Crippen LogP contribution in [0.2, 0.25) is 0 Å². The third-order valence-corrected chi connectivity index (χ3v) is 6.44. The van der Waals surface area contributed by atoms with Gasteiger partial charge < -0.3 is 4.74 Å². The Labute approximate surface area is 213 Å². The number of barbiturate groups is 1. The molecule has 0 aromatic heterocycles. The highest BCUT2D eigenvalue weighted by molar-refractivity contribution is 9.10. The molecule has 1 heterocycles. The molecule has 0 bridgehead atoms. The lowest BCUT2D eigenvalue weighted by molar-refractivity contribution is -0.122. The lowest BCUT2D eigenvalue weighted by atomic mass is 10.0. The molecular formula is C26H20Br2N2O4. The Morgan fingerprint density at radius 3 is 2.41 bits per heavy atom. The summed E-state index contributed by atoms with van der Waals surface area (Å²) in [5.74, 6) is -0.772. The smallest absolute Gasteiger partial charge is 0.335 e. The third-order valence-electron chi connectivity index (χ3n) is 5.29. The maximum Gasteiger partial charge on any atom is 0.335 e. The van der Waals surface area contributed by atoms with Crippen LogP contribution in [0.15, 0.2) is 81.2 Å². The fraction of sp³-hybridized carbons (Fsp3) is 0.115. The van der Waals surface area contributed by atoms with Gasteiger partial charge in [-0.1, -0.05) is 59.3 Å². The number of nitrogens with one attached hydrogen (secondary N) is 1. The number of hydrogen-bond donors (Lipinski definition) is 1. The molecule has 34 heavy (non-hydrogen) atoms. The molecule has 1 saturated heterocycles. The molecule has 8 heteroatoms. The third kappa shape index (κ3) is 5.13. The van der Waals surface area contributed by atoms with Crippen LogP contribution in [0.5, 0.6) is 5.75 Å².